The maximum absolute atomic E-state index is 10.4. The van der Waals surface area contributed by atoms with Crippen molar-refractivity contribution in [3.05, 3.63) is 35.5 Å². The van der Waals surface area contributed by atoms with Crippen molar-refractivity contribution in [2.45, 2.75) is 13.0 Å². The van der Waals surface area contributed by atoms with Gasteiger partial charge in [-0.05, 0) is 23.3 Å². The van der Waals surface area contributed by atoms with Gasteiger partial charge in [0.25, 0.3) is 0 Å². The molecule has 0 atom stereocenters. The van der Waals surface area contributed by atoms with Crippen molar-refractivity contribution in [3.8, 4) is 0 Å². The number of hydrogen-bond acceptors (Lipinski definition) is 2. The fraction of sp³-hybridized carbons (Fsp3) is 0.182. The molecule has 1 heterocycles. The molecule has 2 aromatic rings. The number of aromatic nitrogens is 1. The molecule has 14 heavy (non-hydrogen) atoms. The highest BCUT2D eigenvalue weighted by Crippen LogP contribution is 2.19. The molecular formula is C11H12N2O. The zero-order chi connectivity index (χ0) is 9.97. The van der Waals surface area contributed by atoms with Crippen LogP contribution < -0.4 is 5.73 Å². The van der Waals surface area contributed by atoms with Crippen LogP contribution in [0.3, 0.4) is 0 Å². The average Bonchev–Trinajstić information content (AvgIpc) is 2.61. The molecule has 0 unspecified atom stereocenters. The lowest BCUT2D eigenvalue weighted by molar-refractivity contribution is -0.107. The van der Waals surface area contributed by atoms with Crippen LogP contribution in [0.25, 0.3) is 10.9 Å². The predicted molar refractivity (Wildman–Crippen MR) is 56.0 cm³/mol. The largest absolute Gasteiger partial charge is 0.361 e. The Morgan fingerprint density at radius 2 is 2.29 bits per heavy atom. The van der Waals surface area contributed by atoms with Gasteiger partial charge in [-0.3, -0.25) is 0 Å². The molecular weight excluding hydrogens is 176 g/mol. The van der Waals surface area contributed by atoms with E-state index in [1.165, 1.54) is 0 Å². The van der Waals surface area contributed by atoms with E-state index in [2.05, 4.69) is 4.98 Å². The lowest BCUT2D eigenvalue weighted by Crippen LogP contribution is -1.95. The summed E-state index contributed by atoms with van der Waals surface area (Å²) in [5, 5.41) is 1.10. The molecule has 0 saturated heterocycles. The number of H-pyrrole nitrogens is 1. The summed E-state index contributed by atoms with van der Waals surface area (Å²) in [5.41, 5.74) is 8.73. The van der Waals surface area contributed by atoms with E-state index in [4.69, 9.17) is 5.73 Å². The number of hydrogen-bond donors (Lipinski definition) is 2. The predicted octanol–water partition coefficient (Wildman–Crippen LogP) is 1.37. The normalized spacial score (nSPS) is 10.6. The minimum absolute atomic E-state index is 0.452. The van der Waals surface area contributed by atoms with Gasteiger partial charge in [0.1, 0.15) is 6.29 Å². The highest BCUT2D eigenvalue weighted by molar-refractivity contribution is 5.85. The summed E-state index contributed by atoms with van der Waals surface area (Å²) in [6.07, 6.45) is 3.24. The van der Waals surface area contributed by atoms with Gasteiger partial charge in [-0.25, -0.2) is 0 Å². The first-order chi connectivity index (χ1) is 6.85. The molecule has 3 N–H and O–H groups in total. The molecule has 0 radical (unpaired) electrons. The monoisotopic (exact) mass is 188 g/mol. The molecule has 0 spiro atoms. The van der Waals surface area contributed by atoms with Crippen molar-refractivity contribution in [1.82, 2.24) is 4.98 Å². The van der Waals surface area contributed by atoms with Gasteiger partial charge in [0.05, 0.1) is 0 Å². The Balaban J connectivity index is 2.57. The van der Waals surface area contributed by atoms with Gasteiger partial charge in [0.2, 0.25) is 0 Å². The van der Waals surface area contributed by atoms with Gasteiger partial charge in [-0.2, -0.15) is 0 Å². The molecule has 0 aliphatic carbocycles. The second kappa shape index (κ2) is 3.64. The quantitative estimate of drug-likeness (QED) is 0.714. The van der Waals surface area contributed by atoms with E-state index < -0.39 is 0 Å². The number of carbonyl (C=O) groups excluding carboxylic acids is 1. The van der Waals surface area contributed by atoms with Crippen molar-refractivity contribution in [2.75, 3.05) is 0 Å². The maximum Gasteiger partial charge on any atom is 0.124 e. The lowest BCUT2D eigenvalue weighted by Gasteiger charge is -1.97. The van der Waals surface area contributed by atoms with E-state index >= 15 is 0 Å². The number of nitrogens with two attached hydrogens (primary N) is 1. The standard InChI is InChI=1S/C11H12N2O/c12-6-8-1-2-11-10(5-8)9(3-4-14)7-13-11/h1-2,4-5,7,13H,3,6,12H2. The van der Waals surface area contributed by atoms with Crippen LogP contribution >= 0.6 is 0 Å². The number of benzene rings is 1. The Morgan fingerprint density at radius 1 is 1.43 bits per heavy atom. The molecule has 3 heteroatoms. The molecule has 0 saturated carbocycles. The van der Waals surface area contributed by atoms with Crippen molar-refractivity contribution in [3.63, 3.8) is 0 Å². The molecule has 0 aliphatic heterocycles. The summed E-state index contributed by atoms with van der Waals surface area (Å²) in [6.45, 7) is 0.529. The van der Waals surface area contributed by atoms with Crippen molar-refractivity contribution in [2.24, 2.45) is 5.73 Å². The van der Waals surface area contributed by atoms with E-state index in [1.807, 2.05) is 24.4 Å². The Bertz CT molecular complexity index is 459. The highest BCUT2D eigenvalue weighted by Gasteiger charge is 2.03. The Morgan fingerprint density at radius 3 is 3.00 bits per heavy atom. The second-order valence-electron chi connectivity index (χ2n) is 3.27. The number of fused-ring (bicyclic) bond motifs is 1. The second-order valence-corrected chi connectivity index (χ2v) is 3.27. The van der Waals surface area contributed by atoms with Crippen molar-refractivity contribution >= 4 is 17.2 Å². The van der Waals surface area contributed by atoms with Crippen molar-refractivity contribution < 1.29 is 4.79 Å². The van der Waals surface area contributed by atoms with Crippen LogP contribution in [-0.2, 0) is 17.8 Å². The first kappa shape index (κ1) is 8.97. The maximum atomic E-state index is 10.4. The third kappa shape index (κ3) is 1.42. The minimum atomic E-state index is 0.452. The number of aldehydes is 1. The minimum Gasteiger partial charge on any atom is -0.361 e. The average molecular weight is 188 g/mol. The Hall–Kier alpha value is -1.61. The van der Waals surface area contributed by atoms with Gasteiger partial charge >= 0.3 is 0 Å². The van der Waals surface area contributed by atoms with Crippen molar-refractivity contribution in [1.29, 1.82) is 0 Å². The summed E-state index contributed by atoms with van der Waals surface area (Å²) in [5.74, 6) is 0. The Labute approximate surface area is 81.9 Å². The van der Waals surface area contributed by atoms with Crippen LogP contribution in [0.4, 0.5) is 0 Å². The topological polar surface area (TPSA) is 58.9 Å². The summed E-state index contributed by atoms with van der Waals surface area (Å²) in [6, 6.07) is 6.01. The molecule has 72 valence electrons. The fourth-order valence-electron chi connectivity index (χ4n) is 1.61. The molecule has 0 bridgehead atoms. The molecule has 3 nitrogen and oxygen atoms in total. The van der Waals surface area contributed by atoms with E-state index in [1.54, 1.807) is 0 Å². The first-order valence-electron chi connectivity index (χ1n) is 4.57. The first-order valence-corrected chi connectivity index (χ1v) is 4.57. The van der Waals surface area contributed by atoms with Crippen LogP contribution in [0.5, 0.6) is 0 Å². The van der Waals surface area contributed by atoms with Crippen LogP contribution in [0.1, 0.15) is 11.1 Å². The van der Waals surface area contributed by atoms with E-state index in [0.717, 1.165) is 28.3 Å². The highest BCUT2D eigenvalue weighted by atomic mass is 16.1. The van der Waals surface area contributed by atoms with E-state index in [-0.39, 0.29) is 0 Å². The molecule has 2 rings (SSSR count). The molecule has 0 amide bonds. The Kier molecular flexibility index (Phi) is 2.33. The third-order valence-corrected chi connectivity index (χ3v) is 2.37. The summed E-state index contributed by atoms with van der Waals surface area (Å²) in [7, 11) is 0. The lowest BCUT2D eigenvalue weighted by atomic mass is 10.1. The number of rotatable bonds is 3. The van der Waals surface area contributed by atoms with Crippen LogP contribution in [-0.4, -0.2) is 11.3 Å². The zero-order valence-electron chi connectivity index (χ0n) is 7.79. The molecule has 0 aliphatic rings. The van der Waals surface area contributed by atoms with Gasteiger partial charge < -0.3 is 15.5 Å². The summed E-state index contributed by atoms with van der Waals surface area (Å²) < 4.78 is 0. The molecule has 0 fully saturated rings. The number of nitrogens with one attached hydrogen (secondary N) is 1. The number of carbonyl (C=O) groups is 1. The number of aromatic amines is 1. The van der Waals surface area contributed by atoms with Crippen LogP contribution in [0.2, 0.25) is 0 Å². The van der Waals surface area contributed by atoms with Gasteiger partial charge in [0, 0.05) is 30.1 Å². The third-order valence-electron chi connectivity index (χ3n) is 2.37. The zero-order valence-corrected chi connectivity index (χ0v) is 7.79. The smallest absolute Gasteiger partial charge is 0.124 e. The van der Waals surface area contributed by atoms with Gasteiger partial charge in [-0.1, -0.05) is 6.07 Å². The van der Waals surface area contributed by atoms with Gasteiger partial charge in [-0.15, -0.1) is 0 Å². The van der Waals surface area contributed by atoms with Crippen LogP contribution in [0.15, 0.2) is 24.4 Å². The fourth-order valence-corrected chi connectivity index (χ4v) is 1.61. The van der Waals surface area contributed by atoms with Gasteiger partial charge in [0.15, 0.2) is 0 Å². The molecule has 1 aromatic heterocycles. The summed E-state index contributed by atoms with van der Waals surface area (Å²) in [4.78, 5) is 13.6. The van der Waals surface area contributed by atoms with E-state index in [9.17, 15) is 4.79 Å². The molecule has 1 aromatic carbocycles. The van der Waals surface area contributed by atoms with E-state index in [0.29, 0.717) is 13.0 Å². The SMILES string of the molecule is NCc1ccc2[nH]cc(CC=O)c2c1. The summed E-state index contributed by atoms with van der Waals surface area (Å²) >= 11 is 0. The van der Waals surface area contributed by atoms with Crippen LogP contribution in [0, 0.1) is 0 Å².